The van der Waals surface area contributed by atoms with Gasteiger partial charge in [0.05, 0.1) is 5.56 Å². The molecule has 1 aliphatic rings. The van der Waals surface area contributed by atoms with Gasteiger partial charge in [-0.2, -0.15) is 0 Å². The van der Waals surface area contributed by atoms with Gasteiger partial charge in [0, 0.05) is 24.0 Å². The van der Waals surface area contributed by atoms with Crippen LogP contribution in [0.3, 0.4) is 0 Å². The Balaban J connectivity index is 2.30. The molecule has 98 valence electrons. The van der Waals surface area contributed by atoms with Crippen molar-refractivity contribution in [3.8, 4) is 0 Å². The van der Waals surface area contributed by atoms with Crippen molar-refractivity contribution in [1.29, 1.82) is 0 Å². The molecule has 4 nitrogen and oxygen atoms in total. The highest BCUT2D eigenvalue weighted by Gasteiger charge is 2.29. The number of carbonyl (C=O) groups excluding carboxylic acids is 1. The van der Waals surface area contributed by atoms with Crippen molar-refractivity contribution in [3.63, 3.8) is 0 Å². The molecule has 0 aliphatic heterocycles. The van der Waals surface area contributed by atoms with Gasteiger partial charge in [0.15, 0.2) is 0 Å². The van der Waals surface area contributed by atoms with E-state index in [1.807, 2.05) is 6.07 Å². The minimum atomic E-state index is -0.0842. The fourth-order valence-corrected chi connectivity index (χ4v) is 2.60. The lowest BCUT2D eigenvalue weighted by atomic mass is 9.99. The lowest BCUT2D eigenvalue weighted by molar-refractivity contribution is 0.0964. The van der Waals surface area contributed by atoms with Crippen molar-refractivity contribution >= 4 is 17.3 Å². The first-order valence-corrected chi connectivity index (χ1v) is 6.44. The van der Waals surface area contributed by atoms with Crippen LogP contribution >= 0.6 is 0 Å². The monoisotopic (exact) mass is 247 g/mol. The quantitative estimate of drug-likeness (QED) is 0.718. The maximum atomic E-state index is 11.8. The summed E-state index contributed by atoms with van der Waals surface area (Å²) in [4.78, 5) is 11.8. The first-order valence-electron chi connectivity index (χ1n) is 6.44. The first kappa shape index (κ1) is 12.7. The van der Waals surface area contributed by atoms with Gasteiger partial charge in [0.1, 0.15) is 0 Å². The van der Waals surface area contributed by atoms with E-state index in [2.05, 4.69) is 17.6 Å². The number of hydrogen-bond donors (Lipinski definition) is 3. The standard InChI is InChI=1S/C14H21N3O/c1-14(7-3-4-8-14)17-12-9-10(15)5-6-11(12)13(18)16-2/h5-6,9,17H,3-4,7-8,15H2,1-2H3,(H,16,18). The van der Waals surface area contributed by atoms with E-state index < -0.39 is 0 Å². The van der Waals surface area contributed by atoms with Crippen LogP contribution in [-0.2, 0) is 0 Å². The first-order chi connectivity index (χ1) is 8.54. The van der Waals surface area contributed by atoms with E-state index in [1.54, 1.807) is 19.2 Å². The van der Waals surface area contributed by atoms with E-state index in [0.29, 0.717) is 11.3 Å². The molecular weight excluding hydrogens is 226 g/mol. The zero-order valence-corrected chi connectivity index (χ0v) is 11.0. The lowest BCUT2D eigenvalue weighted by Crippen LogP contribution is -2.32. The molecule has 1 aliphatic carbocycles. The predicted molar refractivity (Wildman–Crippen MR) is 74.7 cm³/mol. The van der Waals surface area contributed by atoms with Gasteiger partial charge in [0.25, 0.3) is 5.91 Å². The molecule has 0 spiro atoms. The number of amides is 1. The van der Waals surface area contributed by atoms with Gasteiger partial charge in [-0.25, -0.2) is 0 Å². The molecule has 0 atom stereocenters. The van der Waals surface area contributed by atoms with Crippen LogP contribution in [0.15, 0.2) is 18.2 Å². The van der Waals surface area contributed by atoms with Crippen LogP contribution in [0.4, 0.5) is 11.4 Å². The topological polar surface area (TPSA) is 67.2 Å². The van der Waals surface area contributed by atoms with Crippen LogP contribution < -0.4 is 16.4 Å². The largest absolute Gasteiger partial charge is 0.399 e. The molecule has 1 amide bonds. The molecule has 0 unspecified atom stereocenters. The minimum absolute atomic E-state index is 0.0799. The molecule has 0 heterocycles. The maximum absolute atomic E-state index is 11.8. The number of carbonyl (C=O) groups is 1. The van der Waals surface area contributed by atoms with Gasteiger partial charge < -0.3 is 16.4 Å². The van der Waals surface area contributed by atoms with Crippen molar-refractivity contribution in [2.45, 2.75) is 38.1 Å². The van der Waals surface area contributed by atoms with Gasteiger partial charge in [-0.1, -0.05) is 12.8 Å². The number of nitrogen functional groups attached to an aromatic ring is 1. The molecule has 4 heteroatoms. The fourth-order valence-electron chi connectivity index (χ4n) is 2.60. The van der Waals surface area contributed by atoms with Gasteiger partial charge in [-0.3, -0.25) is 4.79 Å². The summed E-state index contributed by atoms with van der Waals surface area (Å²) in [6, 6.07) is 5.37. The van der Waals surface area contributed by atoms with Gasteiger partial charge in [0.2, 0.25) is 0 Å². The van der Waals surface area contributed by atoms with Crippen LogP contribution in [0, 0.1) is 0 Å². The summed E-state index contributed by atoms with van der Waals surface area (Å²) in [5.41, 5.74) is 8.05. The van der Waals surface area contributed by atoms with E-state index in [0.717, 1.165) is 18.5 Å². The van der Waals surface area contributed by atoms with E-state index in [4.69, 9.17) is 5.73 Å². The Hall–Kier alpha value is -1.71. The Labute approximate surface area is 108 Å². The zero-order chi connectivity index (χ0) is 13.2. The van der Waals surface area contributed by atoms with Crippen LogP contribution in [-0.4, -0.2) is 18.5 Å². The molecule has 0 radical (unpaired) electrons. The minimum Gasteiger partial charge on any atom is -0.399 e. The molecule has 2 rings (SSSR count). The SMILES string of the molecule is CNC(=O)c1ccc(N)cc1NC1(C)CCCC1. The molecule has 0 bridgehead atoms. The molecule has 0 aromatic heterocycles. The number of hydrogen-bond acceptors (Lipinski definition) is 3. The van der Waals surface area contributed by atoms with E-state index >= 15 is 0 Å². The van der Waals surface area contributed by atoms with Crippen molar-refractivity contribution in [3.05, 3.63) is 23.8 Å². The molecule has 1 aromatic rings. The number of anilines is 2. The van der Waals surface area contributed by atoms with Gasteiger partial charge >= 0.3 is 0 Å². The summed E-state index contributed by atoms with van der Waals surface area (Å²) in [5, 5.41) is 6.16. The number of nitrogens with one attached hydrogen (secondary N) is 2. The maximum Gasteiger partial charge on any atom is 0.253 e. The third-order valence-corrected chi connectivity index (χ3v) is 3.66. The molecule has 1 fully saturated rings. The van der Waals surface area contributed by atoms with Crippen LogP contribution in [0.2, 0.25) is 0 Å². The van der Waals surface area contributed by atoms with Crippen LogP contribution in [0.1, 0.15) is 43.0 Å². The Morgan fingerprint density at radius 3 is 2.61 bits per heavy atom. The molecule has 1 saturated carbocycles. The third kappa shape index (κ3) is 2.58. The lowest BCUT2D eigenvalue weighted by Gasteiger charge is -2.28. The van der Waals surface area contributed by atoms with Crippen molar-refractivity contribution < 1.29 is 4.79 Å². The summed E-state index contributed by atoms with van der Waals surface area (Å²) in [7, 11) is 1.64. The fraction of sp³-hybridized carbons (Fsp3) is 0.500. The summed E-state index contributed by atoms with van der Waals surface area (Å²) in [6.45, 7) is 2.21. The van der Waals surface area contributed by atoms with Crippen molar-refractivity contribution in [2.24, 2.45) is 0 Å². The molecule has 18 heavy (non-hydrogen) atoms. The normalized spacial score (nSPS) is 17.4. The summed E-state index contributed by atoms with van der Waals surface area (Å²) in [5.74, 6) is -0.0842. The average molecular weight is 247 g/mol. The average Bonchev–Trinajstić information content (AvgIpc) is 2.75. The van der Waals surface area contributed by atoms with Crippen molar-refractivity contribution in [1.82, 2.24) is 5.32 Å². The summed E-state index contributed by atoms with van der Waals surface area (Å²) in [6.07, 6.45) is 4.74. The molecule has 0 saturated heterocycles. The Bertz CT molecular complexity index is 450. The smallest absolute Gasteiger partial charge is 0.253 e. The second-order valence-corrected chi connectivity index (χ2v) is 5.28. The third-order valence-electron chi connectivity index (χ3n) is 3.66. The zero-order valence-electron chi connectivity index (χ0n) is 11.0. The summed E-state index contributed by atoms with van der Waals surface area (Å²) < 4.78 is 0. The van der Waals surface area contributed by atoms with Crippen molar-refractivity contribution in [2.75, 3.05) is 18.1 Å². The Morgan fingerprint density at radius 1 is 1.33 bits per heavy atom. The summed E-state index contributed by atoms with van der Waals surface area (Å²) >= 11 is 0. The highest BCUT2D eigenvalue weighted by molar-refractivity contribution is 6.00. The molecule has 4 N–H and O–H groups in total. The number of benzene rings is 1. The predicted octanol–water partition coefficient (Wildman–Crippen LogP) is 2.37. The van der Waals surface area contributed by atoms with Crippen LogP contribution in [0.5, 0.6) is 0 Å². The highest BCUT2D eigenvalue weighted by atomic mass is 16.1. The van der Waals surface area contributed by atoms with Crippen LogP contribution in [0.25, 0.3) is 0 Å². The Kier molecular flexibility index (Phi) is 3.45. The molecule has 1 aromatic carbocycles. The second kappa shape index (κ2) is 4.88. The second-order valence-electron chi connectivity index (χ2n) is 5.28. The Morgan fingerprint density at radius 2 is 2.00 bits per heavy atom. The number of rotatable bonds is 3. The van der Waals surface area contributed by atoms with E-state index in [-0.39, 0.29) is 11.4 Å². The van der Waals surface area contributed by atoms with Gasteiger partial charge in [-0.05, 0) is 38.0 Å². The van der Waals surface area contributed by atoms with Gasteiger partial charge in [-0.15, -0.1) is 0 Å². The van der Waals surface area contributed by atoms with E-state index in [9.17, 15) is 4.79 Å². The molecular formula is C14H21N3O. The highest BCUT2D eigenvalue weighted by Crippen LogP contribution is 2.34. The van der Waals surface area contributed by atoms with E-state index in [1.165, 1.54) is 12.8 Å². The number of nitrogens with two attached hydrogens (primary N) is 1.